The highest BCUT2D eigenvalue weighted by Crippen LogP contribution is 2.29. The quantitative estimate of drug-likeness (QED) is 0.771. The predicted molar refractivity (Wildman–Crippen MR) is 99.8 cm³/mol. The van der Waals surface area contributed by atoms with Gasteiger partial charge in [0.1, 0.15) is 0 Å². The Bertz CT molecular complexity index is 876. The number of likely N-dealkylation sites (N-methyl/N-ethyl adjacent to an activating group) is 1. The van der Waals surface area contributed by atoms with Crippen LogP contribution in [0.2, 0.25) is 0 Å². The van der Waals surface area contributed by atoms with Crippen molar-refractivity contribution in [1.29, 1.82) is 0 Å². The molecule has 1 fully saturated rings. The molecule has 0 radical (unpaired) electrons. The summed E-state index contributed by atoms with van der Waals surface area (Å²) in [5, 5.41) is 3.12. The lowest BCUT2D eigenvalue weighted by molar-refractivity contribution is -0.115. The normalized spacial score (nSPS) is 17.0. The van der Waals surface area contributed by atoms with E-state index in [1.165, 1.54) is 15.6 Å². The second kappa shape index (κ2) is 7.55. The lowest BCUT2D eigenvalue weighted by Crippen LogP contribution is -2.46. The maximum Gasteiger partial charge on any atom is 0.243 e. The number of amides is 1. The smallest absolute Gasteiger partial charge is 0.243 e. The molecule has 1 N–H and O–H groups in total. The summed E-state index contributed by atoms with van der Waals surface area (Å²) >= 11 is 6.79. The Morgan fingerprint density at radius 3 is 2.72 bits per heavy atom. The van der Waals surface area contributed by atoms with E-state index in [-0.39, 0.29) is 23.1 Å². The number of nitrogens with zero attached hydrogens (tertiary/aromatic N) is 3. The van der Waals surface area contributed by atoms with Gasteiger partial charge < -0.3 is 10.2 Å². The number of piperazine rings is 1. The Morgan fingerprint density at radius 2 is 2.04 bits per heavy atom. The van der Waals surface area contributed by atoms with Crippen LogP contribution in [0.5, 0.6) is 0 Å². The third-order valence-corrected chi connectivity index (χ3v) is 7.05. The van der Waals surface area contributed by atoms with Crippen LogP contribution in [0.25, 0.3) is 10.2 Å². The van der Waals surface area contributed by atoms with E-state index >= 15 is 0 Å². The van der Waals surface area contributed by atoms with Gasteiger partial charge in [-0.1, -0.05) is 11.3 Å². The third-order valence-electron chi connectivity index (χ3n) is 4.03. The van der Waals surface area contributed by atoms with Gasteiger partial charge >= 0.3 is 0 Å². The molecule has 1 aromatic carbocycles. The van der Waals surface area contributed by atoms with E-state index in [9.17, 15) is 13.2 Å². The number of rotatable bonds is 5. The molecule has 0 atom stereocenters. The van der Waals surface area contributed by atoms with Crippen molar-refractivity contribution in [1.82, 2.24) is 14.2 Å². The zero-order valence-corrected chi connectivity index (χ0v) is 16.1. The number of sulfonamides is 1. The Hall–Kier alpha value is -1.26. The maximum atomic E-state index is 12.8. The SMILES string of the molecule is CN1CCN(S(=O)(=O)c2ccc3nc(NC(=O)CCCl)sc3c2)CC1. The van der Waals surface area contributed by atoms with Crippen molar-refractivity contribution in [2.24, 2.45) is 0 Å². The molecule has 1 amide bonds. The summed E-state index contributed by atoms with van der Waals surface area (Å²) in [4.78, 5) is 18.3. The molecule has 0 unspecified atom stereocenters. The van der Waals surface area contributed by atoms with Crippen molar-refractivity contribution in [3.8, 4) is 0 Å². The zero-order chi connectivity index (χ0) is 18.0. The average molecular weight is 403 g/mol. The minimum atomic E-state index is -3.52. The van der Waals surface area contributed by atoms with Gasteiger partial charge in [0.25, 0.3) is 0 Å². The first-order chi connectivity index (χ1) is 11.9. The van der Waals surface area contributed by atoms with E-state index in [4.69, 9.17) is 11.6 Å². The monoisotopic (exact) mass is 402 g/mol. The summed E-state index contributed by atoms with van der Waals surface area (Å²) < 4.78 is 27.9. The lowest BCUT2D eigenvalue weighted by Gasteiger charge is -2.31. The first kappa shape index (κ1) is 18.5. The Labute approximate surface area is 155 Å². The largest absolute Gasteiger partial charge is 0.304 e. The van der Waals surface area contributed by atoms with Crippen LogP contribution in [0, 0.1) is 0 Å². The Kier molecular flexibility index (Phi) is 5.59. The van der Waals surface area contributed by atoms with Crippen molar-refractivity contribution < 1.29 is 13.2 Å². The number of alkyl halides is 1. The van der Waals surface area contributed by atoms with Crippen LogP contribution < -0.4 is 5.32 Å². The van der Waals surface area contributed by atoms with E-state index in [1.54, 1.807) is 18.2 Å². The van der Waals surface area contributed by atoms with Crippen LogP contribution >= 0.6 is 22.9 Å². The molecule has 1 aliphatic heterocycles. The molecule has 0 aliphatic carbocycles. The molecule has 10 heteroatoms. The number of aromatic nitrogens is 1. The molecule has 1 saturated heterocycles. The highest BCUT2D eigenvalue weighted by atomic mass is 35.5. The number of hydrogen-bond acceptors (Lipinski definition) is 6. The molecule has 1 aromatic heterocycles. The van der Waals surface area contributed by atoms with Gasteiger partial charge in [-0.3, -0.25) is 4.79 Å². The number of nitrogens with one attached hydrogen (secondary N) is 1. The first-order valence-electron chi connectivity index (χ1n) is 7.85. The van der Waals surface area contributed by atoms with Gasteiger partial charge in [0.2, 0.25) is 15.9 Å². The molecule has 1 aliphatic rings. The number of benzene rings is 1. The number of fused-ring (bicyclic) bond motifs is 1. The lowest BCUT2D eigenvalue weighted by atomic mass is 10.3. The fraction of sp³-hybridized carbons (Fsp3) is 0.467. The number of carbonyl (C=O) groups is 1. The summed E-state index contributed by atoms with van der Waals surface area (Å²) in [5.74, 6) is 0.0313. The van der Waals surface area contributed by atoms with E-state index in [0.717, 1.165) is 17.8 Å². The van der Waals surface area contributed by atoms with Gasteiger partial charge in [-0.05, 0) is 25.2 Å². The van der Waals surface area contributed by atoms with Gasteiger partial charge in [0.05, 0.1) is 15.1 Å². The van der Waals surface area contributed by atoms with Crippen molar-refractivity contribution in [3.05, 3.63) is 18.2 Å². The molecule has 2 heterocycles. The van der Waals surface area contributed by atoms with Crippen LogP contribution in [0.3, 0.4) is 0 Å². The summed E-state index contributed by atoms with van der Waals surface area (Å²) in [7, 11) is -1.54. The van der Waals surface area contributed by atoms with E-state index in [1.807, 2.05) is 7.05 Å². The standard InChI is InChI=1S/C15H19ClN4O3S2/c1-19-6-8-20(9-7-19)25(22,23)11-2-3-12-13(10-11)24-15(17-12)18-14(21)4-5-16/h2-3,10H,4-9H2,1H3,(H,17,18,21). The summed E-state index contributed by atoms with van der Waals surface area (Å²) in [6, 6.07) is 4.87. The summed E-state index contributed by atoms with van der Waals surface area (Å²) in [6.45, 7) is 2.41. The van der Waals surface area contributed by atoms with Crippen LogP contribution in [-0.4, -0.2) is 67.6 Å². The predicted octanol–water partition coefficient (Wildman–Crippen LogP) is 1.80. The number of thiazole rings is 1. The average Bonchev–Trinajstić information content (AvgIpc) is 2.96. The van der Waals surface area contributed by atoms with Crippen LogP contribution in [0.4, 0.5) is 5.13 Å². The van der Waals surface area contributed by atoms with Gasteiger partial charge in [-0.15, -0.1) is 11.6 Å². The number of anilines is 1. The topological polar surface area (TPSA) is 82.6 Å². The van der Waals surface area contributed by atoms with Gasteiger partial charge in [-0.25, -0.2) is 13.4 Å². The third kappa shape index (κ3) is 4.12. The molecule has 0 bridgehead atoms. The van der Waals surface area contributed by atoms with Crippen LogP contribution in [-0.2, 0) is 14.8 Å². The maximum absolute atomic E-state index is 12.8. The minimum Gasteiger partial charge on any atom is -0.304 e. The molecule has 2 aromatic rings. The highest BCUT2D eigenvalue weighted by Gasteiger charge is 2.27. The molecular formula is C15H19ClN4O3S2. The van der Waals surface area contributed by atoms with E-state index in [0.29, 0.717) is 23.7 Å². The number of hydrogen-bond donors (Lipinski definition) is 1. The van der Waals surface area contributed by atoms with Crippen LogP contribution in [0.15, 0.2) is 23.1 Å². The number of halogens is 1. The zero-order valence-electron chi connectivity index (χ0n) is 13.7. The molecule has 136 valence electrons. The second-order valence-electron chi connectivity index (χ2n) is 5.84. The van der Waals surface area contributed by atoms with Gasteiger partial charge in [0.15, 0.2) is 5.13 Å². The van der Waals surface area contributed by atoms with Gasteiger partial charge in [0, 0.05) is 38.5 Å². The molecule has 25 heavy (non-hydrogen) atoms. The Balaban J connectivity index is 1.84. The molecule has 7 nitrogen and oxygen atoms in total. The second-order valence-corrected chi connectivity index (χ2v) is 9.19. The molecule has 0 saturated carbocycles. The molecular weight excluding hydrogens is 384 g/mol. The van der Waals surface area contributed by atoms with E-state index in [2.05, 4.69) is 15.2 Å². The van der Waals surface area contributed by atoms with Gasteiger partial charge in [-0.2, -0.15) is 4.31 Å². The van der Waals surface area contributed by atoms with Crippen LogP contribution in [0.1, 0.15) is 6.42 Å². The number of carbonyl (C=O) groups excluding carboxylic acids is 1. The molecule has 3 rings (SSSR count). The fourth-order valence-electron chi connectivity index (χ4n) is 2.56. The Morgan fingerprint density at radius 1 is 1.32 bits per heavy atom. The fourth-order valence-corrected chi connectivity index (χ4v) is 5.18. The van der Waals surface area contributed by atoms with Crippen molar-refractivity contribution in [2.75, 3.05) is 44.4 Å². The van der Waals surface area contributed by atoms with Crippen molar-refractivity contribution in [2.45, 2.75) is 11.3 Å². The first-order valence-corrected chi connectivity index (χ1v) is 10.6. The summed E-state index contributed by atoms with van der Waals surface area (Å²) in [5.41, 5.74) is 0.656. The summed E-state index contributed by atoms with van der Waals surface area (Å²) in [6.07, 6.45) is 0.209. The molecule has 0 spiro atoms. The highest BCUT2D eigenvalue weighted by molar-refractivity contribution is 7.89. The van der Waals surface area contributed by atoms with Crippen molar-refractivity contribution in [3.63, 3.8) is 0 Å². The minimum absolute atomic E-state index is 0.209. The van der Waals surface area contributed by atoms with Crippen molar-refractivity contribution >= 4 is 54.2 Å². The van der Waals surface area contributed by atoms with E-state index < -0.39 is 10.0 Å².